The van der Waals surface area contributed by atoms with E-state index >= 15 is 0 Å². The van der Waals surface area contributed by atoms with Crippen LogP contribution in [-0.2, 0) is 0 Å². The van der Waals surface area contributed by atoms with Crippen molar-refractivity contribution in [1.29, 1.82) is 0 Å². The topological polar surface area (TPSA) is 90.0 Å². The third-order valence-electron chi connectivity index (χ3n) is 3.86. The molecule has 1 aromatic carbocycles. The number of nitrogens with zero attached hydrogens (tertiary/aromatic N) is 1. The van der Waals surface area contributed by atoms with E-state index in [2.05, 4.69) is 20.8 Å². The van der Waals surface area contributed by atoms with E-state index in [1.54, 1.807) is 18.2 Å². The highest BCUT2D eigenvalue weighted by atomic mass is 35.5. The van der Waals surface area contributed by atoms with Crippen LogP contribution in [0.3, 0.4) is 0 Å². The molecule has 1 amide bonds. The third kappa shape index (κ3) is 3.69. The molecule has 2 aromatic rings. The first-order valence-electron chi connectivity index (χ1n) is 7.12. The summed E-state index contributed by atoms with van der Waals surface area (Å²) in [6.07, 6.45) is 0.913. The molecular formula is C15H18ClFN4O2. The molecule has 0 aliphatic carbocycles. The number of carbonyl (C=O) groups excluding carboxylic acids is 1. The van der Waals surface area contributed by atoms with Gasteiger partial charge in [0.2, 0.25) is 0 Å². The molecule has 1 aliphatic rings. The van der Waals surface area contributed by atoms with Crippen molar-refractivity contribution in [2.45, 2.75) is 6.10 Å². The highest BCUT2D eigenvalue weighted by molar-refractivity contribution is 5.99. The van der Waals surface area contributed by atoms with Crippen molar-refractivity contribution in [3.05, 3.63) is 41.8 Å². The van der Waals surface area contributed by atoms with Gasteiger partial charge >= 0.3 is 0 Å². The van der Waals surface area contributed by atoms with Crippen LogP contribution in [0.15, 0.2) is 30.5 Å². The molecule has 3 rings (SSSR count). The number of halogens is 2. The second kappa shape index (κ2) is 7.54. The summed E-state index contributed by atoms with van der Waals surface area (Å²) in [5.74, 6) is -0.782. The Hall–Kier alpha value is -1.96. The van der Waals surface area contributed by atoms with Crippen molar-refractivity contribution < 1.29 is 14.3 Å². The van der Waals surface area contributed by atoms with Crippen LogP contribution in [0.25, 0.3) is 11.3 Å². The number of nitrogens with one attached hydrogen (secondary N) is 3. The van der Waals surface area contributed by atoms with Crippen molar-refractivity contribution in [3.63, 3.8) is 0 Å². The van der Waals surface area contributed by atoms with E-state index in [-0.39, 0.29) is 29.8 Å². The molecule has 0 saturated carbocycles. The number of hydrogen-bond donors (Lipinski definition) is 4. The van der Waals surface area contributed by atoms with E-state index in [9.17, 15) is 14.3 Å². The minimum absolute atomic E-state index is 0. The van der Waals surface area contributed by atoms with Gasteiger partial charge < -0.3 is 15.7 Å². The van der Waals surface area contributed by atoms with Gasteiger partial charge in [0.05, 0.1) is 23.6 Å². The molecule has 23 heavy (non-hydrogen) atoms. The number of hydrogen-bond acceptors (Lipinski definition) is 4. The first kappa shape index (κ1) is 17.4. The molecule has 1 aromatic heterocycles. The maximum atomic E-state index is 13.9. The lowest BCUT2D eigenvalue weighted by molar-refractivity contribution is 0.0928. The van der Waals surface area contributed by atoms with Crippen molar-refractivity contribution in [3.8, 4) is 11.3 Å². The average Bonchev–Trinajstić information content (AvgIpc) is 3.14. The summed E-state index contributed by atoms with van der Waals surface area (Å²) in [5.41, 5.74) is 0.930. The lowest BCUT2D eigenvalue weighted by Gasteiger charge is -2.14. The van der Waals surface area contributed by atoms with Crippen molar-refractivity contribution in [2.75, 3.05) is 19.6 Å². The Balaban J connectivity index is 0.00000192. The molecule has 1 aliphatic heterocycles. The van der Waals surface area contributed by atoms with Crippen LogP contribution in [0.1, 0.15) is 10.4 Å². The van der Waals surface area contributed by atoms with Gasteiger partial charge in [-0.05, 0) is 12.1 Å². The zero-order chi connectivity index (χ0) is 15.5. The Morgan fingerprint density at radius 1 is 1.39 bits per heavy atom. The first-order chi connectivity index (χ1) is 10.7. The van der Waals surface area contributed by atoms with E-state index < -0.39 is 11.9 Å². The summed E-state index contributed by atoms with van der Waals surface area (Å²) < 4.78 is 13.9. The number of β-amino-alcohol motifs (C(OH)–C–C–N with tert-alkyl or cyclic N) is 1. The summed E-state index contributed by atoms with van der Waals surface area (Å²) in [6.45, 7) is 1.55. The van der Waals surface area contributed by atoms with Gasteiger partial charge in [0.25, 0.3) is 5.91 Å². The molecule has 124 valence electrons. The molecule has 6 nitrogen and oxygen atoms in total. The molecule has 0 radical (unpaired) electrons. The normalized spacial score (nSPS) is 20.1. The number of carbonyl (C=O) groups is 1. The Bertz CT molecular complexity index is 679. The van der Waals surface area contributed by atoms with Crippen LogP contribution in [0.5, 0.6) is 0 Å². The minimum atomic E-state index is -0.462. The summed E-state index contributed by atoms with van der Waals surface area (Å²) >= 11 is 0. The van der Waals surface area contributed by atoms with Crippen LogP contribution >= 0.6 is 12.4 Å². The number of aromatic nitrogens is 2. The van der Waals surface area contributed by atoms with Crippen LogP contribution < -0.4 is 10.6 Å². The second-order valence-electron chi connectivity index (χ2n) is 5.33. The fraction of sp³-hybridized carbons (Fsp3) is 0.333. The molecule has 2 unspecified atom stereocenters. The summed E-state index contributed by atoms with van der Waals surface area (Å²) in [6, 6.07) is 6.20. The number of H-pyrrole nitrogens is 1. The molecule has 0 spiro atoms. The Kier molecular flexibility index (Phi) is 5.70. The molecule has 2 atom stereocenters. The SMILES string of the molecule is Cl.O=C(NCC1CNCC1O)c1cn[nH]c1-c1ccccc1F. The fourth-order valence-corrected chi connectivity index (χ4v) is 2.57. The van der Waals surface area contributed by atoms with Gasteiger partial charge in [-0.1, -0.05) is 12.1 Å². The fourth-order valence-electron chi connectivity index (χ4n) is 2.57. The first-order valence-corrected chi connectivity index (χ1v) is 7.12. The van der Waals surface area contributed by atoms with Gasteiger partial charge in [-0.3, -0.25) is 9.89 Å². The lowest BCUT2D eigenvalue weighted by Crippen LogP contribution is -2.34. The predicted octanol–water partition coefficient (Wildman–Crippen LogP) is 0.948. The number of aliphatic hydroxyl groups is 1. The summed E-state index contributed by atoms with van der Waals surface area (Å²) in [7, 11) is 0. The molecule has 2 heterocycles. The lowest BCUT2D eigenvalue weighted by atomic mass is 10.1. The zero-order valence-corrected chi connectivity index (χ0v) is 13.1. The maximum Gasteiger partial charge on any atom is 0.255 e. The van der Waals surface area contributed by atoms with Crippen molar-refractivity contribution in [1.82, 2.24) is 20.8 Å². The molecular weight excluding hydrogens is 323 g/mol. The van der Waals surface area contributed by atoms with Gasteiger partial charge in [0, 0.05) is 31.1 Å². The molecule has 1 fully saturated rings. The van der Waals surface area contributed by atoms with Gasteiger partial charge in [-0.15, -0.1) is 12.4 Å². The maximum absolute atomic E-state index is 13.9. The van der Waals surface area contributed by atoms with E-state index in [1.807, 2.05) is 0 Å². The smallest absolute Gasteiger partial charge is 0.255 e. The Morgan fingerprint density at radius 2 is 2.17 bits per heavy atom. The van der Waals surface area contributed by atoms with E-state index in [0.29, 0.717) is 30.9 Å². The highest BCUT2D eigenvalue weighted by Crippen LogP contribution is 2.23. The largest absolute Gasteiger partial charge is 0.391 e. The van der Waals surface area contributed by atoms with Crippen LogP contribution in [0.4, 0.5) is 4.39 Å². The minimum Gasteiger partial charge on any atom is -0.391 e. The Labute approximate surface area is 138 Å². The van der Waals surface area contributed by atoms with Gasteiger partial charge in [-0.25, -0.2) is 4.39 Å². The molecule has 4 N–H and O–H groups in total. The van der Waals surface area contributed by atoms with E-state index in [4.69, 9.17) is 0 Å². The zero-order valence-electron chi connectivity index (χ0n) is 12.3. The Morgan fingerprint density at radius 3 is 2.87 bits per heavy atom. The van der Waals surface area contributed by atoms with Crippen LogP contribution in [-0.4, -0.2) is 46.9 Å². The van der Waals surface area contributed by atoms with Gasteiger partial charge in [-0.2, -0.15) is 5.10 Å². The molecule has 1 saturated heterocycles. The van der Waals surface area contributed by atoms with Crippen molar-refractivity contribution in [2.24, 2.45) is 5.92 Å². The van der Waals surface area contributed by atoms with Gasteiger partial charge in [0.1, 0.15) is 5.82 Å². The number of benzene rings is 1. The standard InChI is InChI=1S/C15H17FN4O2.ClH/c16-12-4-2-1-3-10(12)14-11(7-19-20-14)15(22)18-6-9-5-17-8-13(9)21;/h1-4,7,9,13,17,21H,5-6,8H2,(H,18,22)(H,19,20);1H. The monoisotopic (exact) mass is 340 g/mol. The number of amides is 1. The summed E-state index contributed by atoms with van der Waals surface area (Å²) in [5, 5.41) is 22.1. The van der Waals surface area contributed by atoms with Crippen LogP contribution in [0, 0.1) is 11.7 Å². The molecule has 8 heteroatoms. The number of aliphatic hydroxyl groups excluding tert-OH is 1. The summed E-state index contributed by atoms with van der Waals surface area (Å²) in [4.78, 5) is 12.3. The van der Waals surface area contributed by atoms with Gasteiger partial charge in [0.15, 0.2) is 0 Å². The molecule has 0 bridgehead atoms. The second-order valence-corrected chi connectivity index (χ2v) is 5.33. The number of aromatic amines is 1. The van der Waals surface area contributed by atoms with Crippen molar-refractivity contribution >= 4 is 18.3 Å². The third-order valence-corrected chi connectivity index (χ3v) is 3.86. The van der Waals surface area contributed by atoms with E-state index in [1.165, 1.54) is 12.3 Å². The average molecular weight is 341 g/mol. The number of rotatable bonds is 4. The van der Waals surface area contributed by atoms with E-state index in [0.717, 1.165) is 0 Å². The highest BCUT2D eigenvalue weighted by Gasteiger charge is 2.26. The van der Waals surface area contributed by atoms with Crippen LogP contribution in [0.2, 0.25) is 0 Å². The predicted molar refractivity (Wildman–Crippen MR) is 85.9 cm³/mol. The quantitative estimate of drug-likeness (QED) is 0.667.